The largest absolute Gasteiger partial charge is 0.480 e. The topological polar surface area (TPSA) is 94.0 Å². The van der Waals surface area contributed by atoms with Crippen LogP contribution >= 0.6 is 0 Å². The minimum atomic E-state index is -1.08. The molecule has 82 valence electrons. The molecule has 0 amide bonds. The van der Waals surface area contributed by atoms with Crippen LogP contribution in [-0.2, 0) is 4.79 Å². The summed E-state index contributed by atoms with van der Waals surface area (Å²) in [7, 11) is 0. The Morgan fingerprint density at radius 2 is 2.19 bits per heavy atom. The Labute approximate surface area is 91.3 Å². The van der Waals surface area contributed by atoms with Crippen molar-refractivity contribution in [3.63, 3.8) is 0 Å². The molecule has 0 fully saturated rings. The SMILES string of the molecule is N[C@H](C(=O)O)c1ccccc1-n1cncn1. The van der Waals surface area contributed by atoms with Gasteiger partial charge in [-0.05, 0) is 6.07 Å². The number of aromatic nitrogens is 3. The van der Waals surface area contributed by atoms with Crippen molar-refractivity contribution in [2.24, 2.45) is 5.73 Å². The van der Waals surface area contributed by atoms with Gasteiger partial charge in [0.05, 0.1) is 5.69 Å². The van der Waals surface area contributed by atoms with Gasteiger partial charge in [0.1, 0.15) is 18.7 Å². The van der Waals surface area contributed by atoms with Crippen molar-refractivity contribution in [3.8, 4) is 5.69 Å². The maximum atomic E-state index is 10.9. The van der Waals surface area contributed by atoms with E-state index in [2.05, 4.69) is 10.1 Å². The van der Waals surface area contributed by atoms with Gasteiger partial charge in [-0.25, -0.2) is 9.67 Å². The number of aliphatic carboxylic acids is 1. The van der Waals surface area contributed by atoms with Crippen LogP contribution in [0.15, 0.2) is 36.9 Å². The van der Waals surface area contributed by atoms with Gasteiger partial charge in [0, 0.05) is 5.56 Å². The lowest BCUT2D eigenvalue weighted by Gasteiger charge is -2.12. The third kappa shape index (κ3) is 1.78. The van der Waals surface area contributed by atoms with Crippen LogP contribution < -0.4 is 5.73 Å². The molecular formula is C10H10N4O2. The molecule has 1 heterocycles. The summed E-state index contributed by atoms with van der Waals surface area (Å²) in [6.45, 7) is 0. The Hall–Kier alpha value is -2.21. The highest BCUT2D eigenvalue weighted by Crippen LogP contribution is 2.19. The summed E-state index contributed by atoms with van der Waals surface area (Å²) in [5.41, 5.74) is 6.70. The average Bonchev–Trinajstić information content (AvgIpc) is 2.81. The summed E-state index contributed by atoms with van der Waals surface area (Å²) in [6.07, 6.45) is 2.87. The minimum absolute atomic E-state index is 0.500. The second-order valence-corrected chi connectivity index (χ2v) is 3.21. The van der Waals surface area contributed by atoms with Gasteiger partial charge in [-0.1, -0.05) is 18.2 Å². The lowest BCUT2D eigenvalue weighted by atomic mass is 10.1. The average molecular weight is 218 g/mol. The van der Waals surface area contributed by atoms with E-state index in [1.54, 1.807) is 24.3 Å². The van der Waals surface area contributed by atoms with Gasteiger partial charge in [0.2, 0.25) is 0 Å². The van der Waals surface area contributed by atoms with Crippen molar-refractivity contribution in [2.75, 3.05) is 0 Å². The van der Waals surface area contributed by atoms with Crippen molar-refractivity contribution in [2.45, 2.75) is 6.04 Å². The fraction of sp³-hybridized carbons (Fsp3) is 0.100. The summed E-state index contributed by atoms with van der Waals surface area (Å²) in [5.74, 6) is -1.08. The fourth-order valence-corrected chi connectivity index (χ4v) is 1.42. The van der Waals surface area contributed by atoms with E-state index in [0.29, 0.717) is 11.3 Å². The van der Waals surface area contributed by atoms with Crippen molar-refractivity contribution in [1.82, 2.24) is 14.8 Å². The van der Waals surface area contributed by atoms with E-state index in [9.17, 15) is 4.79 Å². The number of benzene rings is 1. The lowest BCUT2D eigenvalue weighted by Crippen LogP contribution is -2.22. The minimum Gasteiger partial charge on any atom is -0.480 e. The smallest absolute Gasteiger partial charge is 0.325 e. The highest BCUT2D eigenvalue weighted by molar-refractivity contribution is 5.76. The van der Waals surface area contributed by atoms with E-state index in [0.717, 1.165) is 0 Å². The molecule has 16 heavy (non-hydrogen) atoms. The molecule has 0 spiro atoms. The van der Waals surface area contributed by atoms with Gasteiger partial charge in [-0.2, -0.15) is 5.10 Å². The van der Waals surface area contributed by atoms with Gasteiger partial charge in [0.15, 0.2) is 0 Å². The number of nitrogens with two attached hydrogens (primary N) is 1. The number of hydrogen-bond acceptors (Lipinski definition) is 4. The maximum Gasteiger partial charge on any atom is 0.325 e. The monoisotopic (exact) mass is 218 g/mol. The van der Waals surface area contributed by atoms with Crippen molar-refractivity contribution in [1.29, 1.82) is 0 Å². The Kier molecular flexibility index (Phi) is 2.65. The molecule has 0 aliphatic heterocycles. The van der Waals surface area contributed by atoms with Crippen molar-refractivity contribution in [3.05, 3.63) is 42.5 Å². The number of carboxylic acids is 1. The molecule has 0 saturated heterocycles. The Bertz CT molecular complexity index is 495. The first-order valence-corrected chi connectivity index (χ1v) is 4.62. The van der Waals surface area contributed by atoms with E-state index in [1.807, 2.05) is 0 Å². The van der Waals surface area contributed by atoms with Crippen molar-refractivity contribution < 1.29 is 9.90 Å². The van der Waals surface area contributed by atoms with Crippen LogP contribution in [0, 0.1) is 0 Å². The molecular weight excluding hydrogens is 208 g/mol. The first-order valence-electron chi connectivity index (χ1n) is 4.62. The van der Waals surface area contributed by atoms with Gasteiger partial charge < -0.3 is 10.8 Å². The molecule has 6 heteroatoms. The molecule has 0 aliphatic rings. The van der Waals surface area contributed by atoms with Crippen molar-refractivity contribution >= 4 is 5.97 Å². The highest BCUT2D eigenvalue weighted by Gasteiger charge is 2.18. The van der Waals surface area contributed by atoms with Crippen LogP contribution in [0.1, 0.15) is 11.6 Å². The lowest BCUT2D eigenvalue weighted by molar-refractivity contribution is -0.138. The zero-order chi connectivity index (χ0) is 11.5. The summed E-state index contributed by atoms with van der Waals surface area (Å²) in [4.78, 5) is 14.7. The van der Waals surface area contributed by atoms with E-state index in [-0.39, 0.29) is 0 Å². The second-order valence-electron chi connectivity index (χ2n) is 3.21. The van der Waals surface area contributed by atoms with Crippen LogP contribution in [-0.4, -0.2) is 25.8 Å². The molecule has 1 aromatic carbocycles. The standard InChI is InChI=1S/C10H10N4O2/c11-9(10(15)16)7-3-1-2-4-8(7)14-6-12-5-13-14/h1-6,9H,11H2,(H,15,16)/t9-/m0/s1. The Morgan fingerprint density at radius 1 is 1.44 bits per heavy atom. The molecule has 3 N–H and O–H groups in total. The van der Waals surface area contributed by atoms with E-state index >= 15 is 0 Å². The molecule has 2 aromatic rings. The molecule has 0 aliphatic carbocycles. The summed E-state index contributed by atoms with van der Waals surface area (Å²) < 4.78 is 1.48. The number of rotatable bonds is 3. The third-order valence-corrected chi connectivity index (χ3v) is 2.20. The van der Waals surface area contributed by atoms with Gasteiger partial charge in [0.25, 0.3) is 0 Å². The maximum absolute atomic E-state index is 10.9. The van der Waals surface area contributed by atoms with Crippen LogP contribution in [0.25, 0.3) is 5.69 Å². The first kappa shape index (κ1) is 10.3. The van der Waals surface area contributed by atoms with Crippen LogP contribution in [0.2, 0.25) is 0 Å². The van der Waals surface area contributed by atoms with E-state index in [4.69, 9.17) is 10.8 Å². The summed E-state index contributed by atoms with van der Waals surface area (Å²) >= 11 is 0. The number of hydrogen-bond donors (Lipinski definition) is 2. The Morgan fingerprint density at radius 3 is 2.81 bits per heavy atom. The molecule has 0 radical (unpaired) electrons. The van der Waals surface area contributed by atoms with E-state index in [1.165, 1.54) is 17.3 Å². The predicted molar refractivity (Wildman–Crippen MR) is 55.9 cm³/mol. The van der Waals surface area contributed by atoms with Gasteiger partial charge in [-0.15, -0.1) is 0 Å². The fourth-order valence-electron chi connectivity index (χ4n) is 1.42. The Balaban J connectivity index is 2.50. The molecule has 6 nitrogen and oxygen atoms in total. The second kappa shape index (κ2) is 4.11. The third-order valence-electron chi connectivity index (χ3n) is 2.20. The molecule has 1 aromatic heterocycles. The van der Waals surface area contributed by atoms with Gasteiger partial charge >= 0.3 is 5.97 Å². The van der Waals surface area contributed by atoms with Crippen LogP contribution in [0.5, 0.6) is 0 Å². The normalized spacial score (nSPS) is 12.3. The molecule has 1 atom stereocenters. The predicted octanol–water partition coefficient (Wildman–Crippen LogP) is 0.352. The first-order chi connectivity index (χ1) is 7.70. The van der Waals surface area contributed by atoms with Crippen LogP contribution in [0.3, 0.4) is 0 Å². The zero-order valence-corrected chi connectivity index (χ0v) is 8.32. The molecule has 0 unspecified atom stereocenters. The van der Waals surface area contributed by atoms with E-state index < -0.39 is 12.0 Å². The molecule has 0 bridgehead atoms. The molecule has 0 saturated carbocycles. The summed E-state index contributed by atoms with van der Waals surface area (Å²) in [5, 5.41) is 12.8. The van der Waals surface area contributed by atoms with Gasteiger partial charge in [-0.3, -0.25) is 4.79 Å². The highest BCUT2D eigenvalue weighted by atomic mass is 16.4. The number of para-hydroxylation sites is 1. The van der Waals surface area contributed by atoms with Crippen LogP contribution in [0.4, 0.5) is 0 Å². The number of carboxylic acid groups (broad SMARTS) is 1. The number of carbonyl (C=O) groups is 1. The summed E-state index contributed by atoms with van der Waals surface area (Å²) in [6, 6.07) is 5.86. The quantitative estimate of drug-likeness (QED) is 0.775. The molecule has 2 rings (SSSR count). The zero-order valence-electron chi connectivity index (χ0n) is 8.32. The number of nitrogens with zero attached hydrogens (tertiary/aromatic N) is 3.